The summed E-state index contributed by atoms with van der Waals surface area (Å²) in [5.74, 6) is 0.381. The third-order valence-electron chi connectivity index (χ3n) is 7.52. The zero-order valence-electron chi connectivity index (χ0n) is 21.5. The largest absolute Gasteiger partial charge is 0.449 e. The van der Waals surface area contributed by atoms with Crippen molar-refractivity contribution in [2.24, 2.45) is 11.7 Å². The Labute approximate surface area is 223 Å². The number of anilines is 2. The molecule has 0 radical (unpaired) electrons. The summed E-state index contributed by atoms with van der Waals surface area (Å²) in [7, 11) is 0. The van der Waals surface area contributed by atoms with Crippen LogP contribution < -0.4 is 16.4 Å². The number of fused-ring (bicyclic) bond motifs is 1. The number of nitrogens with one attached hydrogen (secondary N) is 2. The van der Waals surface area contributed by atoms with Crippen LogP contribution in [0.5, 0.6) is 0 Å². The Balaban J connectivity index is 1.33. The molecule has 0 bridgehead atoms. The van der Waals surface area contributed by atoms with Crippen molar-refractivity contribution in [3.63, 3.8) is 0 Å². The van der Waals surface area contributed by atoms with Crippen LogP contribution in [0.1, 0.15) is 50.6 Å². The first-order valence-corrected chi connectivity index (χ1v) is 13.1. The monoisotopic (exact) mass is 547 g/mol. The van der Waals surface area contributed by atoms with Gasteiger partial charge in [0.1, 0.15) is 5.52 Å². The molecule has 5 atom stereocenters. The standard InChI is InChI=1S/C26H32F3N7O3/c1-15-10-19(8-9-38-15)33-21-11-20(7-2-16(21)13-39-24(30)37)36-14-32-22-12-31-25(35-23(22)36)34-18-5-3-17(4-6-18)26(27,28)29/h3-6,12,14-16,19-21,33H,2,7-11,13H2,1H3,(H2,30,37)(H,31,34,35)/t15-,16+,19-,20-,21-/m0/s1. The van der Waals surface area contributed by atoms with Crippen LogP contribution in [0.2, 0.25) is 0 Å². The molecule has 13 heteroatoms. The lowest BCUT2D eigenvalue weighted by atomic mass is 9.81. The van der Waals surface area contributed by atoms with Crippen molar-refractivity contribution in [3.8, 4) is 0 Å². The van der Waals surface area contributed by atoms with Crippen LogP contribution in [-0.2, 0) is 15.7 Å². The number of benzene rings is 1. The summed E-state index contributed by atoms with van der Waals surface area (Å²) in [6.45, 7) is 3.03. The Morgan fingerprint density at radius 2 is 1.97 bits per heavy atom. The minimum absolute atomic E-state index is 0.0856. The van der Waals surface area contributed by atoms with Crippen molar-refractivity contribution in [2.75, 3.05) is 18.5 Å². The number of ether oxygens (including phenoxy) is 2. The van der Waals surface area contributed by atoms with Gasteiger partial charge in [-0.1, -0.05) is 0 Å². The van der Waals surface area contributed by atoms with Crippen molar-refractivity contribution in [1.82, 2.24) is 24.8 Å². The molecule has 1 aliphatic carbocycles. The minimum atomic E-state index is -4.40. The summed E-state index contributed by atoms with van der Waals surface area (Å²) in [6, 6.07) is 5.18. The molecule has 0 unspecified atom stereocenters. The van der Waals surface area contributed by atoms with Gasteiger partial charge in [0.25, 0.3) is 0 Å². The molecule has 0 spiro atoms. The Morgan fingerprint density at radius 3 is 2.69 bits per heavy atom. The van der Waals surface area contributed by atoms with E-state index in [1.807, 2.05) is 4.57 Å². The van der Waals surface area contributed by atoms with E-state index in [2.05, 4.69) is 32.5 Å². The highest BCUT2D eigenvalue weighted by molar-refractivity contribution is 5.72. The average Bonchev–Trinajstić information content (AvgIpc) is 3.31. The third kappa shape index (κ3) is 6.59. The molecule has 2 fully saturated rings. The van der Waals surface area contributed by atoms with Crippen molar-refractivity contribution < 1.29 is 27.4 Å². The third-order valence-corrected chi connectivity index (χ3v) is 7.52. The van der Waals surface area contributed by atoms with Crippen molar-refractivity contribution in [3.05, 3.63) is 42.4 Å². The predicted octanol–water partition coefficient (Wildman–Crippen LogP) is 4.55. The van der Waals surface area contributed by atoms with Gasteiger partial charge >= 0.3 is 12.3 Å². The second kappa shape index (κ2) is 11.3. The summed E-state index contributed by atoms with van der Waals surface area (Å²) in [5.41, 5.74) is 6.21. The van der Waals surface area contributed by atoms with Gasteiger partial charge in [-0.25, -0.2) is 14.8 Å². The molecule has 5 rings (SSSR count). The first kappa shape index (κ1) is 27.1. The maximum atomic E-state index is 12.9. The number of hydrogen-bond acceptors (Lipinski definition) is 8. The van der Waals surface area contributed by atoms with Gasteiger partial charge in [0.15, 0.2) is 5.65 Å². The van der Waals surface area contributed by atoms with Gasteiger partial charge in [-0.05, 0) is 63.3 Å². The van der Waals surface area contributed by atoms with Gasteiger partial charge in [0, 0.05) is 36.3 Å². The zero-order valence-corrected chi connectivity index (χ0v) is 21.5. The Kier molecular flexibility index (Phi) is 7.89. The molecule has 1 aromatic carbocycles. The van der Waals surface area contributed by atoms with Crippen LogP contribution in [0.4, 0.5) is 29.6 Å². The minimum Gasteiger partial charge on any atom is -0.449 e. The molecule has 2 aromatic heterocycles. The molecule has 10 nitrogen and oxygen atoms in total. The topological polar surface area (TPSA) is 129 Å². The Hall–Kier alpha value is -3.45. The fourth-order valence-corrected chi connectivity index (χ4v) is 5.53. The van der Waals surface area contributed by atoms with Gasteiger partial charge in [-0.15, -0.1) is 0 Å². The normalized spacial score (nSPS) is 25.9. The molecule has 1 aliphatic heterocycles. The highest BCUT2D eigenvalue weighted by Gasteiger charge is 2.35. The van der Waals surface area contributed by atoms with E-state index in [0.717, 1.165) is 44.2 Å². The SMILES string of the molecule is C[C@H]1C[C@@H](N[C@H]2C[C@@H](n3cnc4cnc(Nc5ccc(C(F)(F)F)cc5)nc43)CC[C@@H]2COC(N)=O)CCO1. The highest BCUT2D eigenvalue weighted by atomic mass is 19.4. The van der Waals surface area contributed by atoms with Gasteiger partial charge < -0.3 is 30.4 Å². The number of carbonyl (C=O) groups is 1. The highest BCUT2D eigenvalue weighted by Crippen LogP contribution is 2.35. The molecular formula is C26H32F3N7O3. The number of alkyl halides is 3. The van der Waals surface area contributed by atoms with Crippen LogP contribution in [0, 0.1) is 5.92 Å². The maximum Gasteiger partial charge on any atom is 0.416 e. The van der Waals surface area contributed by atoms with E-state index in [0.29, 0.717) is 29.5 Å². The maximum absolute atomic E-state index is 12.9. The number of hydrogen-bond donors (Lipinski definition) is 3. The number of primary amides is 1. The lowest BCUT2D eigenvalue weighted by Crippen LogP contribution is -2.50. The van der Waals surface area contributed by atoms with E-state index in [-0.39, 0.29) is 36.7 Å². The summed E-state index contributed by atoms with van der Waals surface area (Å²) < 4.78 is 51.6. The molecule has 1 amide bonds. The molecule has 1 saturated heterocycles. The number of imidazole rings is 1. The van der Waals surface area contributed by atoms with E-state index >= 15 is 0 Å². The number of amides is 1. The molecule has 3 aromatic rings. The van der Waals surface area contributed by atoms with E-state index in [1.165, 1.54) is 12.1 Å². The number of carbonyl (C=O) groups excluding carboxylic acids is 1. The number of halogens is 3. The lowest BCUT2D eigenvalue weighted by molar-refractivity contribution is -0.137. The number of nitrogens with two attached hydrogens (primary N) is 1. The molecule has 3 heterocycles. The second-order valence-electron chi connectivity index (χ2n) is 10.3. The van der Waals surface area contributed by atoms with Gasteiger partial charge in [-0.3, -0.25) is 0 Å². The van der Waals surface area contributed by atoms with Crippen LogP contribution >= 0.6 is 0 Å². The summed E-state index contributed by atoms with van der Waals surface area (Å²) >= 11 is 0. The van der Waals surface area contributed by atoms with E-state index in [1.54, 1.807) is 12.5 Å². The number of nitrogens with zero attached hydrogens (tertiary/aromatic N) is 4. The van der Waals surface area contributed by atoms with Gasteiger partial charge in [0.05, 0.1) is 30.8 Å². The van der Waals surface area contributed by atoms with Crippen LogP contribution in [0.25, 0.3) is 11.2 Å². The van der Waals surface area contributed by atoms with Crippen molar-refractivity contribution in [2.45, 2.75) is 69.4 Å². The quantitative estimate of drug-likeness (QED) is 0.393. The van der Waals surface area contributed by atoms with Gasteiger partial charge in [0.2, 0.25) is 5.95 Å². The van der Waals surface area contributed by atoms with Crippen molar-refractivity contribution >= 4 is 28.9 Å². The van der Waals surface area contributed by atoms with E-state index < -0.39 is 17.8 Å². The van der Waals surface area contributed by atoms with Crippen molar-refractivity contribution in [1.29, 1.82) is 0 Å². The molecule has 39 heavy (non-hydrogen) atoms. The number of rotatable bonds is 7. The van der Waals surface area contributed by atoms with Gasteiger partial charge in [-0.2, -0.15) is 18.2 Å². The smallest absolute Gasteiger partial charge is 0.416 e. The summed E-state index contributed by atoms with van der Waals surface area (Å²) in [4.78, 5) is 24.7. The Bertz CT molecular complexity index is 1280. The fourth-order valence-electron chi connectivity index (χ4n) is 5.53. The second-order valence-corrected chi connectivity index (χ2v) is 10.3. The summed E-state index contributed by atoms with van der Waals surface area (Å²) in [5, 5.41) is 6.77. The van der Waals surface area contributed by atoms with E-state index in [9.17, 15) is 18.0 Å². The fraction of sp³-hybridized carbons (Fsp3) is 0.538. The lowest BCUT2D eigenvalue weighted by Gasteiger charge is -2.40. The predicted molar refractivity (Wildman–Crippen MR) is 137 cm³/mol. The number of aromatic nitrogens is 4. The molecule has 210 valence electrons. The molecular weight excluding hydrogens is 515 g/mol. The molecule has 4 N–H and O–H groups in total. The molecule has 1 saturated carbocycles. The molecule has 2 aliphatic rings. The van der Waals surface area contributed by atoms with Crippen LogP contribution in [-0.4, -0.2) is 57.0 Å². The average molecular weight is 548 g/mol. The van der Waals surface area contributed by atoms with Crippen LogP contribution in [0.3, 0.4) is 0 Å². The Morgan fingerprint density at radius 1 is 1.18 bits per heavy atom. The first-order valence-electron chi connectivity index (χ1n) is 13.1. The zero-order chi connectivity index (χ0) is 27.6. The summed E-state index contributed by atoms with van der Waals surface area (Å²) in [6.07, 6.45) is 2.58. The van der Waals surface area contributed by atoms with Crippen LogP contribution in [0.15, 0.2) is 36.8 Å². The van der Waals surface area contributed by atoms with E-state index in [4.69, 9.17) is 15.2 Å². The first-order chi connectivity index (χ1) is 18.7.